The maximum atomic E-state index is 10.9. The molecule has 0 heterocycles. The molecule has 3 rings (SSSR count). The molecule has 28 heavy (non-hydrogen) atoms. The lowest BCUT2D eigenvalue weighted by molar-refractivity contribution is 0.244. The van der Waals surface area contributed by atoms with Crippen molar-refractivity contribution in [1.29, 1.82) is 0 Å². The molecule has 0 aliphatic heterocycles. The predicted octanol–water partition coefficient (Wildman–Crippen LogP) is 6.45. The minimum atomic E-state index is 0. The van der Waals surface area contributed by atoms with Crippen molar-refractivity contribution in [1.82, 2.24) is 4.90 Å². The van der Waals surface area contributed by atoms with Gasteiger partial charge in [0, 0.05) is 25.2 Å². The largest absolute Gasteiger partial charge is 0.507 e. The van der Waals surface area contributed by atoms with Gasteiger partial charge in [-0.15, -0.1) is 12.4 Å². The molecular formula is C25H30ClNO. The Labute approximate surface area is 175 Å². The quantitative estimate of drug-likeness (QED) is 0.497. The summed E-state index contributed by atoms with van der Waals surface area (Å²) in [6.45, 7) is 8.76. The fourth-order valence-corrected chi connectivity index (χ4v) is 3.70. The molecule has 0 bridgehead atoms. The zero-order valence-corrected chi connectivity index (χ0v) is 17.7. The van der Waals surface area contributed by atoms with Crippen LogP contribution in [0.4, 0.5) is 0 Å². The Morgan fingerprint density at radius 2 is 1.25 bits per heavy atom. The van der Waals surface area contributed by atoms with E-state index in [2.05, 4.69) is 86.3 Å². The summed E-state index contributed by atoms with van der Waals surface area (Å²) in [5.41, 5.74) is 5.78. The minimum Gasteiger partial charge on any atom is -0.507 e. The maximum Gasteiger partial charge on any atom is 0.123 e. The van der Waals surface area contributed by atoms with Crippen molar-refractivity contribution < 1.29 is 5.11 Å². The van der Waals surface area contributed by atoms with E-state index in [1.165, 1.54) is 11.1 Å². The van der Waals surface area contributed by atoms with E-state index in [9.17, 15) is 5.11 Å². The van der Waals surface area contributed by atoms with Gasteiger partial charge in [-0.25, -0.2) is 0 Å². The number of rotatable bonds is 7. The predicted molar refractivity (Wildman–Crippen MR) is 120 cm³/mol. The highest BCUT2D eigenvalue weighted by Crippen LogP contribution is 2.33. The summed E-state index contributed by atoms with van der Waals surface area (Å²) >= 11 is 0. The summed E-state index contributed by atoms with van der Waals surface area (Å²) in [4.78, 5) is 2.39. The topological polar surface area (TPSA) is 23.5 Å². The van der Waals surface area contributed by atoms with E-state index >= 15 is 0 Å². The van der Waals surface area contributed by atoms with Gasteiger partial charge in [-0.2, -0.15) is 0 Å². The number of phenolic OH excluding ortho intramolecular Hbond substituents is 1. The number of nitrogens with zero attached hydrogens (tertiary/aromatic N) is 1. The van der Waals surface area contributed by atoms with Gasteiger partial charge >= 0.3 is 0 Å². The summed E-state index contributed by atoms with van der Waals surface area (Å²) in [5.74, 6) is 0.762. The summed E-state index contributed by atoms with van der Waals surface area (Å²) in [6.07, 6.45) is 0. The second-order valence-electron chi connectivity index (χ2n) is 7.57. The van der Waals surface area contributed by atoms with Crippen molar-refractivity contribution in [3.05, 3.63) is 101 Å². The third kappa shape index (κ3) is 5.60. The minimum absolute atomic E-state index is 0. The Bertz CT molecular complexity index is 821. The van der Waals surface area contributed by atoms with E-state index in [-0.39, 0.29) is 12.4 Å². The van der Waals surface area contributed by atoms with Gasteiger partial charge < -0.3 is 5.11 Å². The lowest BCUT2D eigenvalue weighted by Gasteiger charge is -2.25. The van der Waals surface area contributed by atoms with E-state index in [0.717, 1.165) is 36.3 Å². The molecule has 0 amide bonds. The second-order valence-corrected chi connectivity index (χ2v) is 7.57. The third-order valence-corrected chi connectivity index (χ3v) is 4.99. The van der Waals surface area contributed by atoms with Crippen LogP contribution in [-0.4, -0.2) is 10.0 Å². The zero-order chi connectivity index (χ0) is 19.2. The Kier molecular flexibility index (Phi) is 8.10. The van der Waals surface area contributed by atoms with Gasteiger partial charge in [-0.1, -0.05) is 86.6 Å². The number of hydrogen-bond donors (Lipinski definition) is 1. The highest BCUT2D eigenvalue weighted by molar-refractivity contribution is 5.85. The molecule has 0 aliphatic carbocycles. The van der Waals surface area contributed by atoms with E-state index < -0.39 is 0 Å². The van der Waals surface area contributed by atoms with Crippen molar-refractivity contribution in [3.63, 3.8) is 0 Å². The number of halogens is 1. The maximum absolute atomic E-state index is 10.9. The molecule has 2 nitrogen and oxygen atoms in total. The van der Waals surface area contributed by atoms with Crippen LogP contribution in [0, 0.1) is 6.92 Å². The average molecular weight is 396 g/mol. The average Bonchev–Trinajstić information content (AvgIpc) is 2.65. The van der Waals surface area contributed by atoms with E-state index in [1.807, 2.05) is 12.1 Å². The van der Waals surface area contributed by atoms with Crippen LogP contribution >= 0.6 is 12.4 Å². The van der Waals surface area contributed by atoms with Crippen molar-refractivity contribution in [2.45, 2.75) is 46.3 Å². The Morgan fingerprint density at radius 1 is 0.750 bits per heavy atom. The zero-order valence-electron chi connectivity index (χ0n) is 16.9. The lowest BCUT2D eigenvalue weighted by Crippen LogP contribution is -2.22. The number of aromatic hydroxyl groups is 1. The number of benzene rings is 3. The monoisotopic (exact) mass is 395 g/mol. The van der Waals surface area contributed by atoms with Gasteiger partial charge in [0.1, 0.15) is 5.75 Å². The molecule has 0 atom stereocenters. The van der Waals surface area contributed by atoms with Crippen molar-refractivity contribution >= 4 is 12.4 Å². The second kappa shape index (κ2) is 10.3. The normalized spacial score (nSPS) is 10.9. The van der Waals surface area contributed by atoms with E-state index in [1.54, 1.807) is 0 Å². The summed E-state index contributed by atoms with van der Waals surface area (Å²) in [5, 5.41) is 10.9. The SMILES string of the molecule is Cc1ccc(CN(Cc2ccccc2)Cc2ccccc2)c(O)c1C(C)C.Cl. The van der Waals surface area contributed by atoms with Crippen LogP contribution in [0.3, 0.4) is 0 Å². The molecule has 3 heteroatoms. The first-order valence-corrected chi connectivity index (χ1v) is 9.66. The highest BCUT2D eigenvalue weighted by atomic mass is 35.5. The molecule has 148 valence electrons. The van der Waals surface area contributed by atoms with Crippen molar-refractivity contribution in [3.8, 4) is 5.75 Å². The molecule has 0 unspecified atom stereocenters. The molecule has 0 radical (unpaired) electrons. The molecule has 0 aliphatic rings. The van der Waals surface area contributed by atoms with Crippen LogP contribution in [0.1, 0.15) is 47.6 Å². The fourth-order valence-electron chi connectivity index (χ4n) is 3.70. The van der Waals surface area contributed by atoms with Gasteiger partial charge in [0.25, 0.3) is 0 Å². The van der Waals surface area contributed by atoms with Gasteiger partial charge in [0.15, 0.2) is 0 Å². The number of phenols is 1. The van der Waals surface area contributed by atoms with Crippen LogP contribution in [0.2, 0.25) is 0 Å². The molecule has 0 fully saturated rings. The Morgan fingerprint density at radius 3 is 1.71 bits per heavy atom. The van der Waals surface area contributed by atoms with Crippen LogP contribution in [0.5, 0.6) is 5.75 Å². The smallest absolute Gasteiger partial charge is 0.123 e. The summed E-state index contributed by atoms with van der Waals surface area (Å²) in [7, 11) is 0. The van der Waals surface area contributed by atoms with Crippen LogP contribution < -0.4 is 0 Å². The van der Waals surface area contributed by atoms with Crippen LogP contribution in [-0.2, 0) is 19.6 Å². The van der Waals surface area contributed by atoms with Gasteiger partial charge in [0.05, 0.1) is 0 Å². The first-order chi connectivity index (χ1) is 13.0. The standard InChI is InChI=1S/C25H29NO.ClH/c1-19(2)24-20(3)14-15-23(25(24)27)18-26(16-21-10-6-4-7-11-21)17-22-12-8-5-9-13-22;/h4-15,19,27H,16-18H2,1-3H3;1H. The lowest BCUT2D eigenvalue weighted by atomic mass is 9.94. The van der Waals surface area contributed by atoms with Crippen molar-refractivity contribution in [2.75, 3.05) is 0 Å². The Balaban J connectivity index is 0.00000280. The van der Waals surface area contributed by atoms with Crippen LogP contribution in [0.15, 0.2) is 72.8 Å². The van der Waals surface area contributed by atoms with Gasteiger partial charge in [-0.05, 0) is 35.1 Å². The molecule has 1 N–H and O–H groups in total. The third-order valence-electron chi connectivity index (χ3n) is 4.99. The van der Waals surface area contributed by atoms with Crippen molar-refractivity contribution in [2.24, 2.45) is 0 Å². The molecule has 0 saturated heterocycles. The van der Waals surface area contributed by atoms with Gasteiger partial charge in [0.2, 0.25) is 0 Å². The summed E-state index contributed by atoms with van der Waals surface area (Å²) in [6, 6.07) is 25.3. The first kappa shape index (κ1) is 22.0. The number of aryl methyl sites for hydroxylation is 1. The number of hydrogen-bond acceptors (Lipinski definition) is 2. The molecular weight excluding hydrogens is 366 g/mol. The van der Waals surface area contributed by atoms with E-state index in [4.69, 9.17) is 0 Å². The fraction of sp³-hybridized carbons (Fsp3) is 0.280. The summed E-state index contributed by atoms with van der Waals surface area (Å²) < 4.78 is 0. The molecule has 0 aromatic heterocycles. The molecule has 3 aromatic carbocycles. The van der Waals surface area contributed by atoms with Crippen LogP contribution in [0.25, 0.3) is 0 Å². The molecule has 0 saturated carbocycles. The highest BCUT2D eigenvalue weighted by Gasteiger charge is 2.16. The Hall–Kier alpha value is -2.29. The van der Waals surface area contributed by atoms with Gasteiger partial charge in [-0.3, -0.25) is 4.90 Å². The van der Waals surface area contributed by atoms with E-state index in [0.29, 0.717) is 11.7 Å². The molecule has 3 aromatic rings. The first-order valence-electron chi connectivity index (χ1n) is 9.66. The molecule has 0 spiro atoms.